The van der Waals surface area contributed by atoms with Crippen LogP contribution in [0.2, 0.25) is 0 Å². The number of rotatable bonds is 2. The molecule has 8 heteroatoms. The van der Waals surface area contributed by atoms with Crippen LogP contribution in [0.25, 0.3) is 11.0 Å². The van der Waals surface area contributed by atoms with Crippen molar-refractivity contribution in [1.29, 1.82) is 0 Å². The molecule has 112 valence electrons. The average molecular weight is 312 g/mol. The largest absolute Gasteiger partial charge is 0.389 e. The molecular formula is C13H13FN2O4S. The van der Waals surface area contributed by atoms with Crippen LogP contribution in [0.3, 0.4) is 0 Å². The van der Waals surface area contributed by atoms with Gasteiger partial charge >= 0.3 is 0 Å². The summed E-state index contributed by atoms with van der Waals surface area (Å²) in [4.78, 5) is 4.99. The van der Waals surface area contributed by atoms with E-state index in [4.69, 9.17) is 9.36 Å². The zero-order valence-corrected chi connectivity index (χ0v) is 12.2. The van der Waals surface area contributed by atoms with Crippen LogP contribution >= 0.6 is 0 Å². The summed E-state index contributed by atoms with van der Waals surface area (Å²) >= 11 is 0. The number of halogens is 1. The molecule has 0 spiro atoms. The van der Waals surface area contributed by atoms with Crippen molar-refractivity contribution in [2.24, 2.45) is 5.16 Å². The minimum atomic E-state index is -4.29. The molecule has 1 aliphatic rings. The number of benzene rings is 1. The minimum Gasteiger partial charge on any atom is -0.389 e. The zero-order valence-electron chi connectivity index (χ0n) is 11.4. The molecule has 0 N–H and O–H groups in total. The molecule has 0 bridgehead atoms. The molecule has 1 aromatic carbocycles. The highest BCUT2D eigenvalue weighted by Crippen LogP contribution is 2.34. The summed E-state index contributed by atoms with van der Waals surface area (Å²) in [6.45, 7) is 3.36. The molecule has 0 amide bonds. The first kappa shape index (κ1) is 14.0. The topological polar surface area (TPSA) is 81.8 Å². The number of para-hydroxylation sites is 1. The molecule has 2 aromatic rings. The van der Waals surface area contributed by atoms with Gasteiger partial charge in [0.15, 0.2) is 10.6 Å². The highest BCUT2D eigenvalue weighted by molar-refractivity contribution is 8.06. The minimum absolute atomic E-state index is 0.0194. The van der Waals surface area contributed by atoms with Gasteiger partial charge in [0.25, 0.3) is 5.50 Å². The van der Waals surface area contributed by atoms with Gasteiger partial charge in [-0.15, -0.1) is 0 Å². The maximum absolute atomic E-state index is 14.5. The van der Waals surface area contributed by atoms with Crippen molar-refractivity contribution in [3.8, 4) is 0 Å². The Morgan fingerprint density at radius 1 is 1.33 bits per heavy atom. The number of oxime groups is 1. The number of hydrogen-bond acceptors (Lipinski definition) is 6. The Kier molecular flexibility index (Phi) is 3.01. The zero-order chi connectivity index (χ0) is 15.3. The van der Waals surface area contributed by atoms with Crippen LogP contribution in [0, 0.1) is 0 Å². The quantitative estimate of drug-likeness (QED) is 0.851. The first-order chi connectivity index (χ1) is 9.81. The van der Waals surface area contributed by atoms with Gasteiger partial charge in [0, 0.05) is 11.8 Å². The van der Waals surface area contributed by atoms with Crippen LogP contribution in [0.4, 0.5) is 4.39 Å². The Morgan fingerprint density at radius 2 is 2.05 bits per heavy atom. The van der Waals surface area contributed by atoms with Gasteiger partial charge in [0.1, 0.15) is 11.3 Å². The fraction of sp³-hybridized carbons (Fsp3) is 0.385. The Morgan fingerprint density at radius 3 is 2.71 bits per heavy atom. The van der Waals surface area contributed by atoms with E-state index in [0.29, 0.717) is 11.0 Å². The van der Waals surface area contributed by atoms with Crippen LogP contribution < -0.4 is 0 Å². The van der Waals surface area contributed by atoms with E-state index in [9.17, 15) is 12.8 Å². The summed E-state index contributed by atoms with van der Waals surface area (Å²) < 4.78 is 44.1. The van der Waals surface area contributed by atoms with E-state index in [1.54, 1.807) is 38.1 Å². The van der Waals surface area contributed by atoms with Gasteiger partial charge in [-0.2, -0.15) is 0 Å². The van der Waals surface area contributed by atoms with Gasteiger partial charge in [-0.05, 0) is 26.0 Å². The molecule has 21 heavy (non-hydrogen) atoms. The van der Waals surface area contributed by atoms with Crippen molar-refractivity contribution < 1.29 is 22.2 Å². The monoisotopic (exact) mass is 312 g/mol. The molecule has 1 atom stereocenters. The standard InChI is InChI=1S/C13H13FN2O4S/c1-13(2)7-10(15-20-13)21(17,18)12(14)11-8-5-3-4-6-9(8)19-16-11/h3-6,12H,7H2,1-2H3. The van der Waals surface area contributed by atoms with Crippen molar-refractivity contribution in [1.82, 2.24) is 5.16 Å². The predicted molar refractivity (Wildman–Crippen MR) is 74.0 cm³/mol. The van der Waals surface area contributed by atoms with Crippen molar-refractivity contribution in [3.63, 3.8) is 0 Å². The van der Waals surface area contributed by atoms with Gasteiger partial charge in [0.05, 0.1) is 0 Å². The van der Waals surface area contributed by atoms with E-state index in [1.807, 2.05) is 0 Å². The molecule has 0 saturated heterocycles. The van der Waals surface area contributed by atoms with Crippen molar-refractivity contribution in [3.05, 3.63) is 30.0 Å². The molecule has 3 rings (SSSR count). The molecule has 0 saturated carbocycles. The van der Waals surface area contributed by atoms with Crippen LogP contribution in [0.1, 0.15) is 31.5 Å². The number of alkyl halides is 1. The van der Waals surface area contributed by atoms with E-state index < -0.39 is 20.9 Å². The summed E-state index contributed by atoms with van der Waals surface area (Å²) in [6.07, 6.45) is 0.0194. The van der Waals surface area contributed by atoms with Crippen molar-refractivity contribution in [2.45, 2.75) is 31.4 Å². The molecule has 0 fully saturated rings. The van der Waals surface area contributed by atoms with E-state index in [2.05, 4.69) is 10.3 Å². The molecule has 1 aliphatic heterocycles. The molecule has 0 aliphatic carbocycles. The second kappa shape index (κ2) is 4.52. The fourth-order valence-corrected chi connectivity index (χ4v) is 3.48. The van der Waals surface area contributed by atoms with Gasteiger partial charge in [-0.3, -0.25) is 0 Å². The average Bonchev–Trinajstić information content (AvgIpc) is 3.01. The van der Waals surface area contributed by atoms with Crippen molar-refractivity contribution >= 4 is 25.9 Å². The van der Waals surface area contributed by atoms with Crippen molar-refractivity contribution in [2.75, 3.05) is 0 Å². The lowest BCUT2D eigenvalue weighted by atomic mass is 10.1. The van der Waals surface area contributed by atoms with Crippen LogP contribution in [0.5, 0.6) is 0 Å². The number of nitrogens with zero attached hydrogens (tertiary/aromatic N) is 2. The summed E-state index contributed by atoms with van der Waals surface area (Å²) in [5, 5.41) is 7.06. The number of fused-ring (bicyclic) bond motifs is 1. The third-order valence-corrected chi connectivity index (χ3v) is 4.84. The fourth-order valence-electron chi connectivity index (χ4n) is 2.09. The molecule has 1 unspecified atom stereocenters. The van der Waals surface area contributed by atoms with Crippen LogP contribution in [-0.2, 0) is 14.7 Å². The van der Waals surface area contributed by atoms with Gasteiger partial charge in [-0.1, -0.05) is 22.4 Å². The Labute approximate surface area is 120 Å². The maximum Gasteiger partial charge on any atom is 0.252 e. The normalized spacial score (nSPS) is 19.3. The number of sulfone groups is 1. The second-order valence-electron chi connectivity index (χ2n) is 5.44. The summed E-state index contributed by atoms with van der Waals surface area (Å²) in [7, 11) is -4.29. The second-order valence-corrected chi connectivity index (χ2v) is 7.41. The highest BCUT2D eigenvalue weighted by Gasteiger charge is 2.42. The third kappa shape index (κ3) is 2.29. The maximum atomic E-state index is 14.5. The summed E-state index contributed by atoms with van der Waals surface area (Å²) in [5.41, 5.74) is -3.03. The van der Waals surface area contributed by atoms with E-state index in [-0.39, 0.29) is 17.2 Å². The summed E-state index contributed by atoms with van der Waals surface area (Å²) in [6, 6.07) is 6.49. The first-order valence-corrected chi connectivity index (χ1v) is 7.83. The third-order valence-electron chi connectivity index (χ3n) is 3.19. The van der Waals surface area contributed by atoms with E-state index in [1.165, 1.54) is 0 Å². The Balaban J connectivity index is 2.00. The SMILES string of the molecule is CC1(C)CC(S(=O)(=O)C(F)c2noc3ccccc23)=NO1. The molecule has 0 radical (unpaired) electrons. The predicted octanol–water partition coefficient (Wildman–Crippen LogP) is 2.72. The van der Waals surface area contributed by atoms with Crippen LogP contribution in [-0.4, -0.2) is 24.2 Å². The van der Waals surface area contributed by atoms with Gasteiger partial charge in [-0.25, -0.2) is 12.8 Å². The Hall–Kier alpha value is -1.96. The van der Waals surface area contributed by atoms with E-state index >= 15 is 0 Å². The summed E-state index contributed by atoms with van der Waals surface area (Å²) in [5.74, 6) is 0. The lowest BCUT2D eigenvalue weighted by Gasteiger charge is -2.13. The molecule has 6 nitrogen and oxygen atoms in total. The Bertz CT molecular complexity index is 826. The van der Waals surface area contributed by atoms with E-state index in [0.717, 1.165) is 0 Å². The highest BCUT2D eigenvalue weighted by atomic mass is 32.2. The lowest BCUT2D eigenvalue weighted by Crippen LogP contribution is -2.24. The molecular weight excluding hydrogens is 299 g/mol. The molecule has 2 heterocycles. The first-order valence-electron chi connectivity index (χ1n) is 6.29. The van der Waals surface area contributed by atoms with Gasteiger partial charge in [0.2, 0.25) is 9.84 Å². The molecule has 1 aromatic heterocycles. The number of aromatic nitrogens is 1. The smallest absolute Gasteiger partial charge is 0.252 e. The van der Waals surface area contributed by atoms with Crippen LogP contribution in [0.15, 0.2) is 33.9 Å². The number of hydrogen-bond donors (Lipinski definition) is 0. The lowest BCUT2D eigenvalue weighted by molar-refractivity contribution is 0.0123. The van der Waals surface area contributed by atoms with Gasteiger partial charge < -0.3 is 9.36 Å².